The summed E-state index contributed by atoms with van der Waals surface area (Å²) in [6.07, 6.45) is 7.66. The molecule has 70 valence electrons. The molecular weight excluding hydrogens is 148 g/mol. The van der Waals surface area contributed by atoms with Crippen LogP contribution in [0.2, 0.25) is 0 Å². The summed E-state index contributed by atoms with van der Waals surface area (Å²) < 4.78 is 0. The summed E-state index contributed by atoms with van der Waals surface area (Å²) in [5.41, 5.74) is 0. The highest BCUT2D eigenvalue weighted by atomic mass is 15.1. The average Bonchev–Trinajstić information content (AvgIpc) is 2.04. The van der Waals surface area contributed by atoms with Crippen LogP contribution >= 0.6 is 0 Å². The van der Waals surface area contributed by atoms with Crippen LogP contribution in [0.25, 0.3) is 0 Å². The predicted octanol–water partition coefficient (Wildman–Crippen LogP) is 0.940. The number of hydrogen-bond acceptors (Lipinski definition) is 2. The predicted molar refractivity (Wildman–Crippen MR) is 54.1 cm³/mol. The van der Waals surface area contributed by atoms with Gasteiger partial charge in [0.25, 0.3) is 0 Å². The van der Waals surface area contributed by atoms with E-state index in [0.29, 0.717) is 6.04 Å². The van der Waals surface area contributed by atoms with E-state index >= 15 is 0 Å². The van der Waals surface area contributed by atoms with Crippen molar-refractivity contribution in [2.24, 2.45) is 0 Å². The Kier molecular flexibility index (Phi) is 6.84. The van der Waals surface area contributed by atoms with Crippen molar-refractivity contribution >= 4 is 0 Å². The Morgan fingerprint density at radius 2 is 2.25 bits per heavy atom. The summed E-state index contributed by atoms with van der Waals surface area (Å²) in [4.78, 5) is 2.22. The van der Waals surface area contributed by atoms with Crippen LogP contribution < -0.4 is 5.32 Å². The summed E-state index contributed by atoms with van der Waals surface area (Å²) >= 11 is 0. The first kappa shape index (κ1) is 11.5. The normalized spacial score (nSPS) is 12.9. The van der Waals surface area contributed by atoms with E-state index in [1.54, 1.807) is 0 Å². The monoisotopic (exact) mass is 168 g/mol. The largest absolute Gasteiger partial charge is 0.318 e. The number of terminal acetylenes is 1. The summed E-state index contributed by atoms with van der Waals surface area (Å²) in [5, 5.41) is 3.18. The number of hydrogen-bond donors (Lipinski definition) is 1. The molecule has 0 radical (unpaired) electrons. The minimum atomic E-state index is 0.580. The van der Waals surface area contributed by atoms with Gasteiger partial charge in [-0.05, 0) is 20.5 Å². The van der Waals surface area contributed by atoms with Crippen molar-refractivity contribution < 1.29 is 0 Å². The van der Waals surface area contributed by atoms with E-state index < -0.39 is 0 Å². The molecule has 0 aliphatic heterocycles. The first-order chi connectivity index (χ1) is 5.76. The molecule has 1 unspecified atom stereocenters. The van der Waals surface area contributed by atoms with Crippen LogP contribution in [0.15, 0.2) is 0 Å². The second-order valence-corrected chi connectivity index (χ2v) is 3.12. The van der Waals surface area contributed by atoms with Crippen LogP contribution in [-0.4, -0.2) is 38.1 Å². The minimum absolute atomic E-state index is 0.580. The van der Waals surface area contributed by atoms with Crippen LogP contribution in [-0.2, 0) is 0 Å². The number of likely N-dealkylation sites (N-methyl/N-ethyl adjacent to an activating group) is 2. The van der Waals surface area contributed by atoms with Gasteiger partial charge in [-0.1, -0.05) is 19.3 Å². The maximum absolute atomic E-state index is 5.25. The topological polar surface area (TPSA) is 15.3 Å². The van der Waals surface area contributed by atoms with Gasteiger partial charge in [-0.2, -0.15) is 0 Å². The smallest absolute Gasteiger partial charge is 0.0599 e. The molecule has 0 aliphatic rings. The van der Waals surface area contributed by atoms with Gasteiger partial charge in [0.05, 0.1) is 6.54 Å². The van der Waals surface area contributed by atoms with Crippen molar-refractivity contribution in [3.8, 4) is 12.3 Å². The summed E-state index contributed by atoms with van der Waals surface area (Å²) in [6, 6.07) is 0.580. The van der Waals surface area contributed by atoms with Crippen molar-refractivity contribution in [3.63, 3.8) is 0 Å². The molecule has 0 aliphatic carbocycles. The average molecular weight is 168 g/mol. The highest BCUT2D eigenvalue weighted by molar-refractivity contribution is 4.89. The third kappa shape index (κ3) is 4.38. The van der Waals surface area contributed by atoms with E-state index in [4.69, 9.17) is 6.42 Å². The van der Waals surface area contributed by atoms with Crippen LogP contribution in [0.4, 0.5) is 0 Å². The number of nitrogens with zero attached hydrogens (tertiary/aromatic N) is 1. The van der Waals surface area contributed by atoms with Crippen molar-refractivity contribution in [2.45, 2.75) is 25.8 Å². The molecule has 0 bridgehead atoms. The zero-order valence-corrected chi connectivity index (χ0v) is 8.43. The zero-order chi connectivity index (χ0) is 9.40. The summed E-state index contributed by atoms with van der Waals surface area (Å²) in [6.45, 7) is 3.96. The molecule has 0 aromatic carbocycles. The van der Waals surface area contributed by atoms with Gasteiger partial charge in [-0.25, -0.2) is 0 Å². The Morgan fingerprint density at radius 3 is 2.67 bits per heavy atom. The molecule has 0 amide bonds. The fourth-order valence-electron chi connectivity index (χ4n) is 1.32. The third-order valence-electron chi connectivity index (χ3n) is 2.03. The van der Waals surface area contributed by atoms with Gasteiger partial charge < -0.3 is 5.32 Å². The van der Waals surface area contributed by atoms with E-state index in [1.165, 1.54) is 12.8 Å². The van der Waals surface area contributed by atoms with Crippen LogP contribution in [0.1, 0.15) is 19.8 Å². The standard InChI is InChI=1S/C10H20N2/c1-5-7-10(9-11-3)12(4)8-6-2/h2,10-11H,5,7-9H2,1,3-4H3. The fourth-order valence-corrected chi connectivity index (χ4v) is 1.32. The SMILES string of the molecule is C#CCN(C)C(CCC)CNC. The molecule has 0 saturated heterocycles. The Bertz CT molecular complexity index is 131. The van der Waals surface area contributed by atoms with E-state index in [-0.39, 0.29) is 0 Å². The molecule has 0 rings (SSSR count). The molecule has 0 spiro atoms. The molecule has 2 nitrogen and oxygen atoms in total. The van der Waals surface area contributed by atoms with Crippen LogP contribution in [0.3, 0.4) is 0 Å². The molecule has 0 aromatic rings. The van der Waals surface area contributed by atoms with Crippen molar-refractivity contribution in [3.05, 3.63) is 0 Å². The van der Waals surface area contributed by atoms with Crippen molar-refractivity contribution in [1.82, 2.24) is 10.2 Å². The van der Waals surface area contributed by atoms with Gasteiger partial charge in [0.1, 0.15) is 0 Å². The third-order valence-corrected chi connectivity index (χ3v) is 2.03. The van der Waals surface area contributed by atoms with Crippen LogP contribution in [0.5, 0.6) is 0 Å². The van der Waals surface area contributed by atoms with E-state index in [2.05, 4.69) is 30.1 Å². The fraction of sp³-hybridized carbons (Fsp3) is 0.800. The molecule has 1 atom stereocenters. The molecule has 0 fully saturated rings. The van der Waals surface area contributed by atoms with Gasteiger partial charge in [0.15, 0.2) is 0 Å². The van der Waals surface area contributed by atoms with E-state index in [9.17, 15) is 0 Å². The van der Waals surface area contributed by atoms with Gasteiger partial charge in [-0.3, -0.25) is 4.90 Å². The number of rotatable bonds is 6. The highest BCUT2D eigenvalue weighted by Gasteiger charge is 2.10. The quantitative estimate of drug-likeness (QED) is 0.594. The second kappa shape index (κ2) is 7.15. The van der Waals surface area contributed by atoms with E-state index in [0.717, 1.165) is 13.1 Å². The lowest BCUT2D eigenvalue weighted by Gasteiger charge is -2.25. The van der Waals surface area contributed by atoms with Crippen molar-refractivity contribution in [2.75, 3.05) is 27.2 Å². The molecular formula is C10H20N2. The highest BCUT2D eigenvalue weighted by Crippen LogP contribution is 2.02. The molecule has 2 heteroatoms. The van der Waals surface area contributed by atoms with E-state index in [1.807, 2.05) is 7.05 Å². The van der Waals surface area contributed by atoms with Crippen LogP contribution in [0, 0.1) is 12.3 Å². The summed E-state index contributed by atoms with van der Waals surface area (Å²) in [5.74, 6) is 2.66. The molecule has 1 N–H and O–H groups in total. The van der Waals surface area contributed by atoms with Gasteiger partial charge in [0.2, 0.25) is 0 Å². The maximum atomic E-state index is 5.25. The van der Waals surface area contributed by atoms with Gasteiger partial charge in [0, 0.05) is 12.6 Å². The first-order valence-corrected chi connectivity index (χ1v) is 4.54. The lowest BCUT2D eigenvalue weighted by Crippen LogP contribution is -2.39. The Labute approximate surface area is 76.3 Å². The van der Waals surface area contributed by atoms with Crippen molar-refractivity contribution in [1.29, 1.82) is 0 Å². The van der Waals surface area contributed by atoms with Gasteiger partial charge >= 0.3 is 0 Å². The second-order valence-electron chi connectivity index (χ2n) is 3.12. The lowest BCUT2D eigenvalue weighted by molar-refractivity contribution is 0.251. The molecule has 0 saturated carbocycles. The Balaban J connectivity index is 3.82. The Morgan fingerprint density at radius 1 is 1.58 bits per heavy atom. The zero-order valence-electron chi connectivity index (χ0n) is 8.43. The Hall–Kier alpha value is -0.520. The minimum Gasteiger partial charge on any atom is -0.318 e. The molecule has 12 heavy (non-hydrogen) atoms. The molecule has 0 aromatic heterocycles. The molecule has 0 heterocycles. The summed E-state index contributed by atoms with van der Waals surface area (Å²) in [7, 11) is 4.06. The first-order valence-electron chi connectivity index (χ1n) is 4.54. The number of nitrogens with one attached hydrogen (secondary N) is 1. The maximum Gasteiger partial charge on any atom is 0.0599 e. The lowest BCUT2D eigenvalue weighted by atomic mass is 10.1. The van der Waals surface area contributed by atoms with Gasteiger partial charge in [-0.15, -0.1) is 6.42 Å².